The number of hydrogen-bond donors (Lipinski definition) is 1. The Morgan fingerprint density at radius 2 is 2.20 bits per heavy atom. The molecule has 1 amide bonds. The van der Waals surface area contributed by atoms with Crippen LogP contribution in [0.1, 0.15) is 26.7 Å². The van der Waals surface area contributed by atoms with E-state index in [0.717, 1.165) is 17.1 Å². The highest BCUT2D eigenvalue weighted by molar-refractivity contribution is 7.89. The number of carbonyl (C=O) groups is 1. The van der Waals surface area contributed by atoms with Gasteiger partial charge in [-0.2, -0.15) is 4.31 Å². The standard InChI is InChI=1S/C13H21N3O3S/c1-4-6-11(2)15-13(17)10-16(3)20(18,19)12-7-5-8-14-9-12/h5,7-9,11H,4,6,10H2,1-3H3,(H,15,17). The van der Waals surface area contributed by atoms with Crippen molar-refractivity contribution in [2.45, 2.75) is 37.6 Å². The molecular weight excluding hydrogens is 278 g/mol. The molecular formula is C13H21N3O3S. The summed E-state index contributed by atoms with van der Waals surface area (Å²) in [5.41, 5.74) is 0. The van der Waals surface area contributed by atoms with Crippen LogP contribution in [0.4, 0.5) is 0 Å². The van der Waals surface area contributed by atoms with Gasteiger partial charge in [-0.25, -0.2) is 8.42 Å². The molecule has 0 spiro atoms. The third-order valence-corrected chi connectivity index (χ3v) is 4.62. The number of pyridine rings is 1. The fourth-order valence-electron chi connectivity index (χ4n) is 1.79. The number of nitrogens with zero attached hydrogens (tertiary/aromatic N) is 2. The van der Waals surface area contributed by atoms with Crippen LogP contribution in [-0.4, -0.2) is 43.2 Å². The predicted molar refractivity (Wildman–Crippen MR) is 76.6 cm³/mol. The Hall–Kier alpha value is -1.47. The molecule has 1 heterocycles. The van der Waals surface area contributed by atoms with Crippen LogP contribution in [0.15, 0.2) is 29.4 Å². The number of nitrogens with one attached hydrogen (secondary N) is 1. The molecule has 112 valence electrons. The highest BCUT2D eigenvalue weighted by atomic mass is 32.2. The van der Waals surface area contributed by atoms with Gasteiger partial charge in [-0.1, -0.05) is 13.3 Å². The van der Waals surface area contributed by atoms with Gasteiger partial charge in [-0.3, -0.25) is 9.78 Å². The van der Waals surface area contributed by atoms with E-state index in [1.54, 1.807) is 6.07 Å². The Bertz CT molecular complexity index is 531. The minimum absolute atomic E-state index is 0.0435. The molecule has 0 aliphatic carbocycles. The van der Waals surface area contributed by atoms with Gasteiger partial charge < -0.3 is 5.32 Å². The first kappa shape index (κ1) is 16.6. The van der Waals surface area contributed by atoms with Gasteiger partial charge >= 0.3 is 0 Å². The minimum atomic E-state index is -3.67. The molecule has 1 atom stereocenters. The van der Waals surface area contributed by atoms with Crippen molar-refractivity contribution in [2.75, 3.05) is 13.6 Å². The number of likely N-dealkylation sites (N-methyl/N-ethyl adjacent to an activating group) is 1. The van der Waals surface area contributed by atoms with E-state index < -0.39 is 10.0 Å². The highest BCUT2D eigenvalue weighted by Crippen LogP contribution is 2.11. The third-order valence-electron chi connectivity index (χ3n) is 2.84. The normalized spacial score (nSPS) is 13.2. The zero-order chi connectivity index (χ0) is 15.2. The molecule has 20 heavy (non-hydrogen) atoms. The van der Waals surface area contributed by atoms with Crippen LogP contribution in [0.25, 0.3) is 0 Å². The van der Waals surface area contributed by atoms with Crippen molar-refractivity contribution in [3.05, 3.63) is 24.5 Å². The SMILES string of the molecule is CCCC(C)NC(=O)CN(C)S(=O)(=O)c1cccnc1. The molecule has 1 N–H and O–H groups in total. The first-order chi connectivity index (χ1) is 9.37. The summed E-state index contributed by atoms with van der Waals surface area (Å²) >= 11 is 0. The van der Waals surface area contributed by atoms with E-state index in [1.165, 1.54) is 25.5 Å². The van der Waals surface area contributed by atoms with E-state index in [-0.39, 0.29) is 23.4 Å². The second-order valence-corrected chi connectivity index (χ2v) is 6.75. The first-order valence-electron chi connectivity index (χ1n) is 6.53. The molecule has 1 aromatic rings. The van der Waals surface area contributed by atoms with Gasteiger partial charge in [0.25, 0.3) is 0 Å². The number of aromatic nitrogens is 1. The highest BCUT2D eigenvalue weighted by Gasteiger charge is 2.23. The number of amides is 1. The monoisotopic (exact) mass is 299 g/mol. The predicted octanol–water partition coefficient (Wildman–Crippen LogP) is 1.01. The number of hydrogen-bond acceptors (Lipinski definition) is 4. The van der Waals surface area contributed by atoms with E-state index in [9.17, 15) is 13.2 Å². The average molecular weight is 299 g/mol. The Balaban J connectivity index is 2.67. The van der Waals surface area contributed by atoms with Crippen molar-refractivity contribution in [2.24, 2.45) is 0 Å². The van der Waals surface area contributed by atoms with E-state index in [0.29, 0.717) is 0 Å². The lowest BCUT2D eigenvalue weighted by Gasteiger charge is -2.18. The van der Waals surface area contributed by atoms with Crippen molar-refractivity contribution in [1.29, 1.82) is 0 Å². The van der Waals surface area contributed by atoms with Crippen LogP contribution in [0.2, 0.25) is 0 Å². The van der Waals surface area contributed by atoms with Crippen LogP contribution >= 0.6 is 0 Å². The fraction of sp³-hybridized carbons (Fsp3) is 0.538. The summed E-state index contributed by atoms with van der Waals surface area (Å²) in [4.78, 5) is 15.6. The number of carbonyl (C=O) groups excluding carboxylic acids is 1. The molecule has 1 aromatic heterocycles. The largest absolute Gasteiger partial charge is 0.353 e. The van der Waals surface area contributed by atoms with Crippen LogP contribution in [-0.2, 0) is 14.8 Å². The zero-order valence-corrected chi connectivity index (χ0v) is 12.9. The molecule has 0 saturated carbocycles. The molecule has 7 heteroatoms. The first-order valence-corrected chi connectivity index (χ1v) is 7.97. The van der Waals surface area contributed by atoms with E-state index in [2.05, 4.69) is 10.3 Å². The van der Waals surface area contributed by atoms with E-state index in [1.807, 2.05) is 13.8 Å². The number of sulfonamides is 1. The van der Waals surface area contributed by atoms with Crippen molar-refractivity contribution < 1.29 is 13.2 Å². The lowest BCUT2D eigenvalue weighted by atomic mass is 10.2. The van der Waals surface area contributed by atoms with Crippen molar-refractivity contribution in [1.82, 2.24) is 14.6 Å². The van der Waals surface area contributed by atoms with Gasteiger partial charge in [0.2, 0.25) is 15.9 Å². The summed E-state index contributed by atoms with van der Waals surface area (Å²) in [5, 5.41) is 2.77. The Morgan fingerprint density at radius 1 is 1.50 bits per heavy atom. The number of rotatable bonds is 7. The molecule has 6 nitrogen and oxygen atoms in total. The third kappa shape index (κ3) is 4.57. The molecule has 0 aliphatic heterocycles. The van der Waals surface area contributed by atoms with Crippen molar-refractivity contribution in [3.8, 4) is 0 Å². The Morgan fingerprint density at radius 3 is 2.75 bits per heavy atom. The second-order valence-electron chi connectivity index (χ2n) is 4.71. The van der Waals surface area contributed by atoms with Gasteiger partial charge in [0.15, 0.2) is 0 Å². The Kier molecular flexibility index (Phi) is 6.09. The van der Waals surface area contributed by atoms with E-state index >= 15 is 0 Å². The average Bonchev–Trinajstić information content (AvgIpc) is 2.39. The van der Waals surface area contributed by atoms with Crippen LogP contribution < -0.4 is 5.32 Å². The molecule has 1 rings (SSSR count). The fourth-order valence-corrected chi connectivity index (χ4v) is 2.88. The summed E-state index contributed by atoms with van der Waals surface area (Å²) in [6.07, 6.45) is 4.59. The second kappa shape index (κ2) is 7.35. The quantitative estimate of drug-likeness (QED) is 0.815. The van der Waals surface area contributed by atoms with Crippen molar-refractivity contribution >= 4 is 15.9 Å². The van der Waals surface area contributed by atoms with Crippen LogP contribution in [0.5, 0.6) is 0 Å². The lowest BCUT2D eigenvalue weighted by molar-refractivity contribution is -0.121. The molecule has 0 fully saturated rings. The maximum atomic E-state index is 12.2. The van der Waals surface area contributed by atoms with Gasteiger partial charge in [-0.15, -0.1) is 0 Å². The summed E-state index contributed by atoms with van der Waals surface area (Å²) in [5.74, 6) is -0.305. The van der Waals surface area contributed by atoms with Crippen LogP contribution in [0, 0.1) is 0 Å². The Labute approximate surface area is 120 Å². The molecule has 0 bridgehead atoms. The van der Waals surface area contributed by atoms with Gasteiger partial charge in [0.1, 0.15) is 4.90 Å². The molecule has 0 saturated heterocycles. The van der Waals surface area contributed by atoms with Gasteiger partial charge in [0.05, 0.1) is 6.54 Å². The smallest absolute Gasteiger partial charge is 0.244 e. The minimum Gasteiger partial charge on any atom is -0.353 e. The maximum Gasteiger partial charge on any atom is 0.244 e. The van der Waals surface area contributed by atoms with Crippen LogP contribution in [0.3, 0.4) is 0 Å². The summed E-state index contributed by atoms with van der Waals surface area (Å²) < 4.78 is 25.4. The molecule has 0 radical (unpaired) electrons. The zero-order valence-electron chi connectivity index (χ0n) is 12.0. The topological polar surface area (TPSA) is 79.4 Å². The summed E-state index contributed by atoms with van der Waals surface area (Å²) in [6, 6.07) is 3.04. The molecule has 0 aliphatic rings. The molecule has 1 unspecified atom stereocenters. The van der Waals surface area contributed by atoms with Gasteiger partial charge in [-0.05, 0) is 25.5 Å². The van der Waals surface area contributed by atoms with E-state index in [4.69, 9.17) is 0 Å². The lowest BCUT2D eigenvalue weighted by Crippen LogP contribution is -2.41. The summed E-state index contributed by atoms with van der Waals surface area (Å²) in [7, 11) is -2.29. The van der Waals surface area contributed by atoms with Crippen molar-refractivity contribution in [3.63, 3.8) is 0 Å². The summed E-state index contributed by atoms with van der Waals surface area (Å²) in [6.45, 7) is 3.73. The molecule has 0 aromatic carbocycles. The maximum absolute atomic E-state index is 12.2. The van der Waals surface area contributed by atoms with Gasteiger partial charge in [0, 0.05) is 25.5 Å².